The van der Waals surface area contributed by atoms with Crippen molar-refractivity contribution in [1.82, 2.24) is 9.55 Å². The molecule has 10 rings (SSSR count). The molecule has 0 fully saturated rings. The molecule has 0 bridgehead atoms. The number of aromatic nitrogens is 2. The van der Waals surface area contributed by atoms with E-state index in [1.165, 1.54) is 27.9 Å². The van der Waals surface area contributed by atoms with Gasteiger partial charge in [-0.2, -0.15) is 0 Å². The number of anilines is 6. The average molecular weight is 710 g/mol. The van der Waals surface area contributed by atoms with Gasteiger partial charge in [-0.15, -0.1) is 0 Å². The molecule has 0 saturated heterocycles. The minimum Gasteiger partial charge on any atom is -0.380 e. The molecule has 0 atom stereocenters. The summed E-state index contributed by atoms with van der Waals surface area (Å²) < 4.78 is 2.48. The smallest absolute Gasteiger partial charge is 0.0866 e. The van der Waals surface area contributed by atoms with E-state index in [4.69, 9.17) is 4.98 Å². The van der Waals surface area contributed by atoms with Crippen molar-refractivity contribution in [2.24, 2.45) is 0 Å². The Bertz CT molecular complexity index is 2600. The maximum absolute atomic E-state index is 4.97. The molecular formula is C50H39N5. The normalized spacial score (nSPS) is 13.1. The molecule has 0 unspecified atom stereocenters. The number of benzene rings is 6. The first-order valence-electron chi connectivity index (χ1n) is 19.0. The third-order valence-corrected chi connectivity index (χ3v) is 10.7. The molecule has 0 saturated carbocycles. The molecule has 6 aromatic carbocycles. The molecule has 0 amide bonds. The van der Waals surface area contributed by atoms with Crippen LogP contribution >= 0.6 is 0 Å². The second-order valence-corrected chi connectivity index (χ2v) is 14.0. The van der Waals surface area contributed by atoms with E-state index in [1.807, 2.05) is 0 Å². The summed E-state index contributed by atoms with van der Waals surface area (Å²) in [5.74, 6) is 0. The first kappa shape index (κ1) is 32.5. The van der Waals surface area contributed by atoms with Crippen molar-refractivity contribution in [3.8, 4) is 16.9 Å². The second-order valence-electron chi connectivity index (χ2n) is 14.0. The Hall–Kier alpha value is -7.11. The zero-order valence-electron chi connectivity index (χ0n) is 30.4. The summed E-state index contributed by atoms with van der Waals surface area (Å²) in [6.45, 7) is 0.836. The van der Waals surface area contributed by atoms with Crippen LogP contribution in [0.15, 0.2) is 188 Å². The topological polar surface area (TPSA) is 36.3 Å². The molecule has 0 spiro atoms. The number of hydrogen-bond acceptors (Lipinski definition) is 4. The number of para-hydroxylation sites is 4. The van der Waals surface area contributed by atoms with Crippen LogP contribution in [-0.2, 0) is 6.42 Å². The molecular weight excluding hydrogens is 671 g/mol. The predicted molar refractivity (Wildman–Crippen MR) is 230 cm³/mol. The van der Waals surface area contributed by atoms with Crippen molar-refractivity contribution in [1.29, 1.82) is 0 Å². The van der Waals surface area contributed by atoms with Crippen molar-refractivity contribution >= 4 is 57.2 Å². The summed E-state index contributed by atoms with van der Waals surface area (Å²) in [6, 6.07) is 62.9. The van der Waals surface area contributed by atoms with Gasteiger partial charge in [-0.3, -0.25) is 0 Å². The van der Waals surface area contributed by atoms with E-state index in [0.717, 1.165) is 76.1 Å². The lowest BCUT2D eigenvalue weighted by atomic mass is 9.97. The van der Waals surface area contributed by atoms with Crippen molar-refractivity contribution in [3.63, 3.8) is 0 Å². The van der Waals surface area contributed by atoms with Crippen molar-refractivity contribution in [2.45, 2.75) is 12.8 Å². The van der Waals surface area contributed by atoms with Crippen LogP contribution in [0.2, 0.25) is 0 Å². The van der Waals surface area contributed by atoms with Crippen LogP contribution in [0, 0.1) is 0 Å². The highest BCUT2D eigenvalue weighted by atomic mass is 15.2. The summed E-state index contributed by atoms with van der Waals surface area (Å²) >= 11 is 0. The summed E-state index contributed by atoms with van der Waals surface area (Å²) in [5.41, 5.74) is 16.0. The third-order valence-electron chi connectivity index (χ3n) is 10.7. The van der Waals surface area contributed by atoms with Gasteiger partial charge in [0, 0.05) is 68.6 Å². The first-order chi connectivity index (χ1) is 27.3. The van der Waals surface area contributed by atoms with Gasteiger partial charge in [-0.05, 0) is 116 Å². The number of allylic oxidation sites excluding steroid dienone is 1. The fraction of sp³-hybridized carbons (Fsp3) is 0.0600. The molecule has 5 nitrogen and oxygen atoms in total. The zero-order valence-corrected chi connectivity index (χ0v) is 30.4. The van der Waals surface area contributed by atoms with E-state index < -0.39 is 0 Å². The predicted octanol–water partition coefficient (Wildman–Crippen LogP) is 12.7. The molecule has 1 aliphatic carbocycles. The summed E-state index contributed by atoms with van der Waals surface area (Å²) in [4.78, 5) is 9.74. The van der Waals surface area contributed by atoms with Gasteiger partial charge in [0.25, 0.3) is 0 Å². The molecule has 1 aliphatic heterocycles. The van der Waals surface area contributed by atoms with Gasteiger partial charge >= 0.3 is 0 Å². The Morgan fingerprint density at radius 3 is 1.76 bits per heavy atom. The highest BCUT2D eigenvalue weighted by Gasteiger charge is 2.26. The maximum Gasteiger partial charge on any atom is 0.0866 e. The molecule has 8 aromatic rings. The molecule has 2 aliphatic rings. The van der Waals surface area contributed by atoms with Gasteiger partial charge in [-0.25, -0.2) is 4.98 Å². The quantitative estimate of drug-likeness (QED) is 0.170. The van der Waals surface area contributed by atoms with Crippen molar-refractivity contribution in [3.05, 3.63) is 205 Å². The van der Waals surface area contributed by atoms with Crippen molar-refractivity contribution in [2.75, 3.05) is 21.7 Å². The maximum atomic E-state index is 4.97. The fourth-order valence-corrected chi connectivity index (χ4v) is 8.13. The van der Waals surface area contributed by atoms with E-state index in [2.05, 4.69) is 214 Å². The second kappa shape index (κ2) is 14.0. The van der Waals surface area contributed by atoms with Gasteiger partial charge in [0.05, 0.1) is 22.6 Å². The highest BCUT2D eigenvalue weighted by molar-refractivity contribution is 5.98. The standard InChI is InChI=1S/C50H39N5/c1-5-14-37(15-6-1)53(38-16-7-2-8-17-38)42-27-31-49-44(34-42)45-35-43(54(39-18-9-3-10-19-39)40-20-11-4-12-21-40)28-32-50(45)55(49)41-25-23-36(24-26-41)46-29-30-47-48(52-46)22-13-33-51-47/h1-27,29-31,34-35,51H,28,32-33H2. The van der Waals surface area contributed by atoms with E-state index in [-0.39, 0.29) is 0 Å². The number of pyridine rings is 1. The Morgan fingerprint density at radius 1 is 0.545 bits per heavy atom. The lowest BCUT2D eigenvalue weighted by Crippen LogP contribution is -2.19. The average Bonchev–Trinajstić information content (AvgIpc) is 3.58. The van der Waals surface area contributed by atoms with E-state index in [9.17, 15) is 0 Å². The van der Waals surface area contributed by atoms with Crippen molar-refractivity contribution < 1.29 is 0 Å². The number of rotatable bonds is 8. The van der Waals surface area contributed by atoms with Crippen LogP contribution in [0.4, 0.5) is 34.1 Å². The first-order valence-corrected chi connectivity index (χ1v) is 19.0. The van der Waals surface area contributed by atoms with E-state index in [0.29, 0.717) is 0 Å². The van der Waals surface area contributed by atoms with Crippen LogP contribution in [0.3, 0.4) is 0 Å². The molecule has 0 radical (unpaired) electrons. The number of nitrogens with zero attached hydrogens (tertiary/aromatic N) is 4. The summed E-state index contributed by atoms with van der Waals surface area (Å²) in [6.07, 6.45) is 8.45. The highest BCUT2D eigenvalue weighted by Crippen LogP contribution is 2.43. The third kappa shape index (κ3) is 6.06. The van der Waals surface area contributed by atoms with Crippen LogP contribution in [0.5, 0.6) is 0 Å². The molecule has 264 valence electrons. The molecule has 2 aromatic heterocycles. The summed E-state index contributed by atoms with van der Waals surface area (Å²) in [5, 5.41) is 4.63. The minimum absolute atomic E-state index is 0.836. The van der Waals surface area contributed by atoms with Gasteiger partial charge < -0.3 is 19.7 Å². The fourth-order valence-electron chi connectivity index (χ4n) is 8.13. The van der Waals surface area contributed by atoms with Crippen LogP contribution < -0.4 is 15.1 Å². The monoisotopic (exact) mass is 709 g/mol. The molecule has 1 N–H and O–H groups in total. The van der Waals surface area contributed by atoms with Crippen LogP contribution in [0.1, 0.15) is 23.4 Å². The molecule has 5 heteroatoms. The molecule has 55 heavy (non-hydrogen) atoms. The Morgan fingerprint density at radius 2 is 1.15 bits per heavy atom. The SMILES string of the molecule is C1=Cc2nc(-c3ccc(-n4c5c(c6cc(N(c7ccccc7)c7ccccc7)ccc64)C=C(N(c4ccccc4)c4ccccc4)CC5)cc3)ccc2NC1. The number of nitrogens with one attached hydrogen (secondary N) is 1. The largest absolute Gasteiger partial charge is 0.380 e. The van der Waals surface area contributed by atoms with Gasteiger partial charge in [0.2, 0.25) is 0 Å². The number of hydrogen-bond donors (Lipinski definition) is 1. The Balaban J connectivity index is 1.15. The number of fused-ring (bicyclic) bond motifs is 4. The van der Waals surface area contributed by atoms with E-state index >= 15 is 0 Å². The van der Waals surface area contributed by atoms with Crippen LogP contribution in [-0.4, -0.2) is 16.1 Å². The lowest BCUT2D eigenvalue weighted by Gasteiger charge is -2.30. The van der Waals surface area contributed by atoms with Gasteiger partial charge in [0.15, 0.2) is 0 Å². The minimum atomic E-state index is 0.836. The van der Waals surface area contributed by atoms with Gasteiger partial charge in [0.1, 0.15) is 0 Å². The van der Waals surface area contributed by atoms with Crippen LogP contribution in [0.25, 0.3) is 40.0 Å². The van der Waals surface area contributed by atoms with Gasteiger partial charge in [-0.1, -0.05) is 91.0 Å². The lowest BCUT2D eigenvalue weighted by molar-refractivity contribution is 0.838. The zero-order chi connectivity index (χ0) is 36.6. The Kier molecular flexibility index (Phi) is 8.30. The van der Waals surface area contributed by atoms with E-state index in [1.54, 1.807) is 0 Å². The Labute approximate surface area is 321 Å². The molecule has 3 heterocycles. The summed E-state index contributed by atoms with van der Waals surface area (Å²) in [7, 11) is 0.